The van der Waals surface area contributed by atoms with Crippen LogP contribution >= 0.6 is 0 Å². The van der Waals surface area contributed by atoms with Gasteiger partial charge in [-0.25, -0.2) is 4.79 Å². The molecule has 18 heavy (non-hydrogen) atoms. The summed E-state index contributed by atoms with van der Waals surface area (Å²) >= 11 is 0. The monoisotopic (exact) mass is 253 g/mol. The third-order valence-corrected chi connectivity index (χ3v) is 4.64. The quantitative estimate of drug-likeness (QED) is 0.784. The summed E-state index contributed by atoms with van der Waals surface area (Å²) in [5, 5.41) is 9.23. The molecule has 0 radical (unpaired) electrons. The Morgan fingerprint density at radius 3 is 2.33 bits per heavy atom. The average Bonchev–Trinajstić information content (AvgIpc) is 2.30. The van der Waals surface area contributed by atoms with Gasteiger partial charge in [-0.1, -0.05) is 20.8 Å². The van der Waals surface area contributed by atoms with Crippen LogP contribution in [0.3, 0.4) is 0 Å². The Morgan fingerprint density at radius 1 is 1.39 bits per heavy atom. The Hall–Kier alpha value is -1.06. The van der Waals surface area contributed by atoms with Crippen molar-refractivity contribution in [3.63, 3.8) is 0 Å². The van der Waals surface area contributed by atoms with E-state index >= 15 is 0 Å². The van der Waals surface area contributed by atoms with E-state index in [0.29, 0.717) is 12.5 Å². The molecule has 102 valence electrons. The molecule has 2 rings (SSSR count). The van der Waals surface area contributed by atoms with Crippen LogP contribution in [0.5, 0.6) is 0 Å². The van der Waals surface area contributed by atoms with Gasteiger partial charge in [0, 0.05) is 6.54 Å². The van der Waals surface area contributed by atoms with E-state index in [1.165, 1.54) is 0 Å². The molecule has 2 aliphatic rings. The van der Waals surface area contributed by atoms with E-state index in [4.69, 9.17) is 0 Å². The van der Waals surface area contributed by atoms with Gasteiger partial charge in [0.05, 0.1) is 5.41 Å². The zero-order valence-electron chi connectivity index (χ0n) is 11.5. The van der Waals surface area contributed by atoms with Gasteiger partial charge in [0.25, 0.3) is 0 Å². The molecule has 1 saturated heterocycles. The lowest BCUT2D eigenvalue weighted by Gasteiger charge is -2.54. The molecule has 1 aliphatic carbocycles. The molecule has 4 heteroatoms. The third kappa shape index (κ3) is 2.02. The van der Waals surface area contributed by atoms with Crippen LogP contribution in [-0.4, -0.2) is 34.5 Å². The van der Waals surface area contributed by atoms with E-state index in [2.05, 4.69) is 6.92 Å². The van der Waals surface area contributed by atoms with Crippen molar-refractivity contribution in [1.29, 1.82) is 0 Å². The van der Waals surface area contributed by atoms with Gasteiger partial charge in [-0.15, -0.1) is 0 Å². The molecule has 0 unspecified atom stereocenters. The smallest absolute Gasteiger partial charge is 0.326 e. The number of carbonyl (C=O) groups is 2. The number of carboxylic acids is 1. The standard InChI is InChI=1S/C14H23NO3/c1-9(2)11(12(16)17)15-8-14(13(15)18)6-4-10(3)5-7-14/h9-11H,4-8H2,1-3H3,(H,16,17)/t10?,11-,14?/m0/s1. The molecular weight excluding hydrogens is 230 g/mol. The van der Waals surface area contributed by atoms with Gasteiger partial charge < -0.3 is 10.0 Å². The van der Waals surface area contributed by atoms with E-state index in [1.807, 2.05) is 13.8 Å². The first-order valence-electron chi connectivity index (χ1n) is 6.91. The molecular formula is C14H23NO3. The number of carbonyl (C=O) groups excluding carboxylic acids is 1. The highest BCUT2D eigenvalue weighted by Crippen LogP contribution is 2.47. The minimum atomic E-state index is -0.877. The molecule has 1 saturated carbocycles. The summed E-state index contributed by atoms with van der Waals surface area (Å²) < 4.78 is 0. The van der Waals surface area contributed by atoms with E-state index in [0.717, 1.165) is 25.7 Å². The first-order chi connectivity index (χ1) is 8.37. The molecule has 0 bridgehead atoms. The highest BCUT2D eigenvalue weighted by molar-refractivity contribution is 5.93. The molecule has 1 N–H and O–H groups in total. The number of likely N-dealkylation sites (tertiary alicyclic amines) is 1. The maximum Gasteiger partial charge on any atom is 0.326 e. The summed E-state index contributed by atoms with van der Waals surface area (Å²) in [7, 11) is 0. The van der Waals surface area contributed by atoms with E-state index in [1.54, 1.807) is 4.90 Å². The topological polar surface area (TPSA) is 57.6 Å². The Balaban J connectivity index is 2.05. The van der Waals surface area contributed by atoms with Gasteiger partial charge in [-0.3, -0.25) is 4.79 Å². The van der Waals surface area contributed by atoms with Crippen LogP contribution in [-0.2, 0) is 9.59 Å². The number of hydrogen-bond donors (Lipinski definition) is 1. The van der Waals surface area contributed by atoms with E-state index < -0.39 is 12.0 Å². The normalized spacial score (nSPS) is 33.7. The van der Waals surface area contributed by atoms with Crippen LogP contribution in [0.25, 0.3) is 0 Å². The summed E-state index contributed by atoms with van der Waals surface area (Å²) in [6.45, 7) is 6.59. The first kappa shape index (κ1) is 13.4. The fraction of sp³-hybridized carbons (Fsp3) is 0.857. The van der Waals surface area contributed by atoms with Crippen molar-refractivity contribution >= 4 is 11.9 Å². The SMILES string of the molecule is CC1CCC2(CC1)CN([C@H](C(=O)O)C(C)C)C2=O. The van der Waals surface area contributed by atoms with Gasteiger partial charge in [-0.05, 0) is 37.5 Å². The number of nitrogens with zero attached hydrogens (tertiary/aromatic N) is 1. The van der Waals surface area contributed by atoms with Crippen molar-refractivity contribution in [1.82, 2.24) is 4.90 Å². The molecule has 0 aromatic heterocycles. The summed E-state index contributed by atoms with van der Waals surface area (Å²) in [6.07, 6.45) is 4.07. The van der Waals surface area contributed by atoms with Gasteiger partial charge in [0.2, 0.25) is 5.91 Å². The Bertz CT molecular complexity index is 356. The van der Waals surface area contributed by atoms with Crippen LogP contribution in [0.2, 0.25) is 0 Å². The number of carboxylic acid groups (broad SMARTS) is 1. The lowest BCUT2D eigenvalue weighted by Crippen LogP contribution is -2.67. The lowest BCUT2D eigenvalue weighted by atomic mass is 9.65. The molecule has 1 aliphatic heterocycles. The van der Waals surface area contributed by atoms with Crippen LogP contribution in [0, 0.1) is 17.3 Å². The number of hydrogen-bond acceptors (Lipinski definition) is 2. The van der Waals surface area contributed by atoms with Crippen molar-refractivity contribution in [3.05, 3.63) is 0 Å². The maximum atomic E-state index is 12.4. The molecule has 1 atom stereocenters. The van der Waals surface area contributed by atoms with E-state index in [9.17, 15) is 14.7 Å². The lowest BCUT2D eigenvalue weighted by molar-refractivity contribution is -0.178. The predicted molar refractivity (Wildman–Crippen MR) is 68.0 cm³/mol. The highest BCUT2D eigenvalue weighted by atomic mass is 16.4. The molecule has 0 aromatic rings. The molecule has 1 amide bonds. The zero-order chi connectivity index (χ0) is 13.5. The van der Waals surface area contributed by atoms with Gasteiger partial charge in [0.1, 0.15) is 6.04 Å². The number of rotatable bonds is 3. The predicted octanol–water partition coefficient (Wildman–Crippen LogP) is 2.13. The summed E-state index contributed by atoms with van der Waals surface area (Å²) in [6, 6.07) is -0.650. The molecule has 1 heterocycles. The second-order valence-electron chi connectivity index (χ2n) is 6.42. The van der Waals surface area contributed by atoms with Gasteiger partial charge in [-0.2, -0.15) is 0 Å². The largest absolute Gasteiger partial charge is 0.480 e. The van der Waals surface area contributed by atoms with Gasteiger partial charge in [0.15, 0.2) is 0 Å². The summed E-state index contributed by atoms with van der Waals surface area (Å²) in [5.74, 6) is -0.128. The summed E-state index contributed by atoms with van der Waals surface area (Å²) in [4.78, 5) is 25.2. The summed E-state index contributed by atoms with van der Waals surface area (Å²) in [5.41, 5.74) is -0.213. The van der Waals surface area contributed by atoms with Crippen molar-refractivity contribution in [3.8, 4) is 0 Å². The van der Waals surface area contributed by atoms with Crippen LogP contribution < -0.4 is 0 Å². The number of β-lactam (4-membered cyclic amide) rings is 1. The minimum absolute atomic E-state index is 0.0358. The van der Waals surface area contributed by atoms with Crippen molar-refractivity contribution in [2.45, 2.75) is 52.5 Å². The fourth-order valence-electron chi connectivity index (χ4n) is 3.37. The van der Waals surface area contributed by atoms with E-state index in [-0.39, 0.29) is 17.2 Å². The fourth-order valence-corrected chi connectivity index (χ4v) is 3.37. The molecule has 4 nitrogen and oxygen atoms in total. The maximum absolute atomic E-state index is 12.4. The second kappa shape index (κ2) is 4.56. The average molecular weight is 253 g/mol. The number of aliphatic carboxylic acids is 1. The van der Waals surface area contributed by atoms with Crippen LogP contribution in [0.4, 0.5) is 0 Å². The Labute approximate surface area is 108 Å². The first-order valence-corrected chi connectivity index (χ1v) is 6.91. The van der Waals surface area contributed by atoms with Crippen LogP contribution in [0.15, 0.2) is 0 Å². The molecule has 2 fully saturated rings. The molecule has 0 aromatic carbocycles. The second-order valence-corrected chi connectivity index (χ2v) is 6.42. The zero-order valence-corrected chi connectivity index (χ0v) is 11.5. The van der Waals surface area contributed by atoms with Crippen molar-refractivity contribution in [2.75, 3.05) is 6.54 Å². The number of amides is 1. The highest BCUT2D eigenvalue weighted by Gasteiger charge is 2.56. The Kier molecular flexibility index (Phi) is 3.39. The van der Waals surface area contributed by atoms with Crippen molar-refractivity contribution < 1.29 is 14.7 Å². The van der Waals surface area contributed by atoms with Crippen LogP contribution in [0.1, 0.15) is 46.5 Å². The van der Waals surface area contributed by atoms with Crippen molar-refractivity contribution in [2.24, 2.45) is 17.3 Å². The van der Waals surface area contributed by atoms with Gasteiger partial charge >= 0.3 is 5.97 Å². The Morgan fingerprint density at radius 2 is 1.94 bits per heavy atom. The minimum Gasteiger partial charge on any atom is -0.480 e. The third-order valence-electron chi connectivity index (χ3n) is 4.64. The molecule has 1 spiro atoms.